The van der Waals surface area contributed by atoms with Crippen LogP contribution in [-0.4, -0.2) is 35.9 Å². The van der Waals surface area contributed by atoms with Crippen LogP contribution < -0.4 is 10.1 Å². The van der Waals surface area contributed by atoms with Crippen LogP contribution in [0.5, 0.6) is 5.75 Å². The largest absolute Gasteiger partial charge is 0.497 e. The van der Waals surface area contributed by atoms with E-state index in [1.165, 1.54) is 6.42 Å². The van der Waals surface area contributed by atoms with Crippen molar-refractivity contribution in [1.82, 2.24) is 10.2 Å². The molecule has 0 heterocycles. The minimum atomic E-state index is -0.709. The van der Waals surface area contributed by atoms with Gasteiger partial charge in [0.1, 0.15) is 11.8 Å². The normalized spacial score (nSPS) is 14.5. The topological polar surface area (TPSA) is 58.6 Å². The molecule has 1 aliphatic rings. The Labute approximate surface area is 235 Å². The average Bonchev–Trinajstić information content (AvgIpc) is 2.94. The number of hydrogen-bond acceptors (Lipinski definition) is 3. The lowest BCUT2D eigenvalue weighted by atomic mass is 9.94. The lowest BCUT2D eigenvalue weighted by Crippen LogP contribution is -2.53. The Morgan fingerprint density at radius 3 is 2.26 bits per heavy atom. The molecule has 0 aliphatic heterocycles. The molecule has 7 heteroatoms. The summed E-state index contributed by atoms with van der Waals surface area (Å²) in [5.74, 6) is 0.333. The fourth-order valence-electron chi connectivity index (χ4n) is 5.02. The molecule has 200 valence electrons. The van der Waals surface area contributed by atoms with E-state index in [-0.39, 0.29) is 30.8 Å². The summed E-state index contributed by atoms with van der Waals surface area (Å²) in [6.07, 6.45) is 5.71. The van der Waals surface area contributed by atoms with Gasteiger partial charge in [0.25, 0.3) is 0 Å². The minimum Gasteiger partial charge on any atom is -0.497 e. The molecule has 1 aliphatic carbocycles. The minimum absolute atomic E-state index is 0.00945. The van der Waals surface area contributed by atoms with Gasteiger partial charge in [-0.25, -0.2) is 0 Å². The highest BCUT2D eigenvalue weighted by atomic mass is 35.5. The van der Waals surface area contributed by atoms with Gasteiger partial charge in [0.15, 0.2) is 0 Å². The summed E-state index contributed by atoms with van der Waals surface area (Å²) in [4.78, 5) is 29.5. The molecule has 0 radical (unpaired) electrons. The molecule has 0 spiro atoms. The maximum atomic E-state index is 14.0. The highest BCUT2D eigenvalue weighted by Gasteiger charge is 2.32. The van der Waals surface area contributed by atoms with E-state index < -0.39 is 6.04 Å². The van der Waals surface area contributed by atoms with Crippen molar-refractivity contribution in [2.24, 2.45) is 0 Å². The highest BCUT2D eigenvalue weighted by Crippen LogP contribution is 2.27. The first-order chi connectivity index (χ1) is 18.4. The maximum absolute atomic E-state index is 14.0. The molecule has 4 rings (SSSR count). The fraction of sp³-hybridized carbons (Fsp3) is 0.355. The lowest BCUT2D eigenvalue weighted by molar-refractivity contribution is -0.141. The highest BCUT2D eigenvalue weighted by molar-refractivity contribution is 6.36. The third-order valence-corrected chi connectivity index (χ3v) is 7.81. The van der Waals surface area contributed by atoms with E-state index >= 15 is 0 Å². The summed E-state index contributed by atoms with van der Waals surface area (Å²) in [5.41, 5.74) is 2.41. The molecule has 5 nitrogen and oxygen atoms in total. The Morgan fingerprint density at radius 1 is 0.921 bits per heavy atom. The van der Waals surface area contributed by atoms with Crippen molar-refractivity contribution in [1.29, 1.82) is 0 Å². The number of carbonyl (C=O) groups is 2. The average molecular weight is 554 g/mol. The maximum Gasteiger partial charge on any atom is 0.243 e. The van der Waals surface area contributed by atoms with Crippen LogP contribution >= 0.6 is 23.2 Å². The van der Waals surface area contributed by atoms with E-state index in [2.05, 4.69) is 5.32 Å². The van der Waals surface area contributed by atoms with E-state index in [1.54, 1.807) is 30.2 Å². The van der Waals surface area contributed by atoms with Crippen LogP contribution in [0.2, 0.25) is 10.0 Å². The van der Waals surface area contributed by atoms with Crippen LogP contribution in [0.3, 0.4) is 0 Å². The molecule has 0 bridgehead atoms. The first-order valence-electron chi connectivity index (χ1n) is 13.1. The quantitative estimate of drug-likeness (QED) is 0.307. The number of carbonyl (C=O) groups excluding carboxylic acids is 2. The van der Waals surface area contributed by atoms with Crippen molar-refractivity contribution in [3.05, 3.63) is 99.5 Å². The van der Waals surface area contributed by atoms with Crippen molar-refractivity contribution in [3.8, 4) is 5.75 Å². The van der Waals surface area contributed by atoms with Crippen molar-refractivity contribution in [2.75, 3.05) is 7.11 Å². The van der Waals surface area contributed by atoms with Crippen LogP contribution in [0.4, 0.5) is 0 Å². The summed E-state index contributed by atoms with van der Waals surface area (Å²) in [6.45, 7) is 0.244. The molecule has 1 N–H and O–H groups in total. The van der Waals surface area contributed by atoms with E-state index in [1.807, 2.05) is 54.6 Å². The molecular formula is C31H34Cl2N2O3. The zero-order valence-electron chi connectivity index (χ0n) is 21.7. The van der Waals surface area contributed by atoms with Gasteiger partial charge in [-0.3, -0.25) is 9.59 Å². The molecule has 1 atom stereocenters. The van der Waals surface area contributed by atoms with Gasteiger partial charge in [0.2, 0.25) is 11.8 Å². The molecule has 1 fully saturated rings. The number of methoxy groups -OCH3 is 1. The Kier molecular flexibility index (Phi) is 10.1. The van der Waals surface area contributed by atoms with Gasteiger partial charge in [0.05, 0.1) is 13.5 Å². The van der Waals surface area contributed by atoms with Gasteiger partial charge >= 0.3 is 0 Å². The van der Waals surface area contributed by atoms with Gasteiger partial charge in [-0.15, -0.1) is 0 Å². The summed E-state index contributed by atoms with van der Waals surface area (Å²) in [5, 5.41) is 4.12. The number of ether oxygens (including phenoxy) is 1. The number of rotatable bonds is 10. The number of nitrogens with zero attached hydrogens (tertiary/aromatic N) is 1. The number of amides is 2. The molecule has 0 aromatic heterocycles. The van der Waals surface area contributed by atoms with Crippen LogP contribution in [0.1, 0.15) is 48.8 Å². The van der Waals surface area contributed by atoms with E-state index in [9.17, 15) is 9.59 Å². The Bertz CT molecular complexity index is 1210. The van der Waals surface area contributed by atoms with Crippen molar-refractivity contribution >= 4 is 35.0 Å². The number of nitrogens with one attached hydrogen (secondary N) is 1. The molecule has 38 heavy (non-hydrogen) atoms. The summed E-state index contributed by atoms with van der Waals surface area (Å²) >= 11 is 12.9. The number of halogens is 2. The molecular weight excluding hydrogens is 519 g/mol. The second-order valence-electron chi connectivity index (χ2n) is 9.80. The van der Waals surface area contributed by atoms with Crippen molar-refractivity contribution in [2.45, 2.75) is 63.6 Å². The third-order valence-electron chi connectivity index (χ3n) is 7.10. The Balaban J connectivity index is 1.69. The number of hydrogen-bond donors (Lipinski definition) is 1. The smallest absolute Gasteiger partial charge is 0.243 e. The lowest BCUT2D eigenvalue weighted by Gasteiger charge is -2.33. The molecule has 3 aromatic carbocycles. The SMILES string of the molecule is COc1cccc(CN(C(=O)Cc2c(Cl)cccc2Cl)[C@@H](Cc2ccccc2)C(=O)NC2CCCCC2)c1. The van der Waals surface area contributed by atoms with Gasteiger partial charge in [0, 0.05) is 29.1 Å². The van der Waals surface area contributed by atoms with Crippen LogP contribution in [0.25, 0.3) is 0 Å². The van der Waals surface area contributed by atoms with Crippen molar-refractivity contribution < 1.29 is 14.3 Å². The second kappa shape index (κ2) is 13.7. The second-order valence-corrected chi connectivity index (χ2v) is 10.6. The molecule has 1 saturated carbocycles. The van der Waals surface area contributed by atoms with Gasteiger partial charge in [-0.05, 0) is 53.8 Å². The summed E-state index contributed by atoms with van der Waals surface area (Å²) < 4.78 is 5.41. The van der Waals surface area contributed by atoms with Gasteiger partial charge < -0.3 is 15.0 Å². The predicted octanol–water partition coefficient (Wildman–Crippen LogP) is 6.63. The van der Waals surface area contributed by atoms with E-state index in [4.69, 9.17) is 27.9 Å². The molecule has 3 aromatic rings. The van der Waals surface area contributed by atoms with E-state index in [0.717, 1.165) is 36.8 Å². The first kappa shape index (κ1) is 28.0. The van der Waals surface area contributed by atoms with Crippen LogP contribution in [0, 0.1) is 0 Å². The molecule has 2 amide bonds. The van der Waals surface area contributed by atoms with Crippen molar-refractivity contribution in [3.63, 3.8) is 0 Å². The Hall–Kier alpha value is -3.02. The van der Waals surface area contributed by atoms with Gasteiger partial charge in [-0.2, -0.15) is 0 Å². The van der Waals surface area contributed by atoms with Gasteiger partial charge in [-0.1, -0.05) is 91.0 Å². The fourth-order valence-corrected chi connectivity index (χ4v) is 5.55. The van der Waals surface area contributed by atoms with Crippen LogP contribution in [0.15, 0.2) is 72.8 Å². The standard InChI is InChI=1S/C31H34Cl2N2O3/c1-38-25-15-8-12-23(18-25)21-35(30(36)20-26-27(32)16-9-17-28(26)33)29(19-22-10-4-2-5-11-22)31(37)34-24-13-6-3-7-14-24/h2,4-5,8-12,15-18,24,29H,3,6-7,13-14,19-21H2,1H3,(H,34,37)/t29-/m0/s1. The predicted molar refractivity (Wildman–Crippen MR) is 153 cm³/mol. The third kappa shape index (κ3) is 7.52. The zero-order chi connectivity index (χ0) is 26.9. The van der Waals surface area contributed by atoms with E-state index in [0.29, 0.717) is 27.8 Å². The summed E-state index contributed by atoms with van der Waals surface area (Å²) in [7, 11) is 1.61. The number of benzene rings is 3. The first-order valence-corrected chi connectivity index (χ1v) is 13.9. The monoisotopic (exact) mass is 552 g/mol. The zero-order valence-corrected chi connectivity index (χ0v) is 23.2. The summed E-state index contributed by atoms with van der Waals surface area (Å²) in [6, 6.07) is 22.0. The molecule has 0 unspecified atom stereocenters. The Morgan fingerprint density at radius 2 is 1.58 bits per heavy atom. The molecule has 0 saturated heterocycles. The van der Waals surface area contributed by atoms with Crippen LogP contribution in [-0.2, 0) is 29.0 Å².